The average molecular weight is 200 g/mol. The minimum atomic E-state index is 0.0544. The maximum absolute atomic E-state index is 11.5. The Labute approximate surface area is 87.9 Å². The molecule has 84 valence electrons. The molecule has 0 saturated carbocycles. The normalized spacial score (nSPS) is 12.3. The van der Waals surface area contributed by atoms with Gasteiger partial charge in [0.1, 0.15) is 0 Å². The Morgan fingerprint density at radius 1 is 1.43 bits per heavy atom. The standard InChI is InChI=1S/C11H24N2O/c1-5-7-8-12-11(14)13(4)9-10(3)6-2/h10H,5-9H2,1-4H3,(H,12,14). The molecule has 1 N–H and O–H groups in total. The fourth-order valence-electron chi connectivity index (χ4n) is 1.19. The van der Waals surface area contributed by atoms with Crippen LogP contribution in [0.2, 0.25) is 0 Å². The van der Waals surface area contributed by atoms with E-state index in [0.717, 1.165) is 32.4 Å². The molecule has 0 radical (unpaired) electrons. The van der Waals surface area contributed by atoms with Gasteiger partial charge in [0.2, 0.25) is 0 Å². The van der Waals surface area contributed by atoms with E-state index >= 15 is 0 Å². The van der Waals surface area contributed by atoms with Gasteiger partial charge in [-0.1, -0.05) is 33.6 Å². The van der Waals surface area contributed by atoms with Crippen molar-refractivity contribution in [3.63, 3.8) is 0 Å². The fourth-order valence-corrected chi connectivity index (χ4v) is 1.19. The number of urea groups is 1. The number of rotatable bonds is 6. The largest absolute Gasteiger partial charge is 0.338 e. The van der Waals surface area contributed by atoms with E-state index in [9.17, 15) is 4.79 Å². The number of carbonyl (C=O) groups excluding carboxylic acids is 1. The lowest BCUT2D eigenvalue weighted by atomic mass is 10.1. The first-order valence-corrected chi connectivity index (χ1v) is 5.60. The molecule has 0 bridgehead atoms. The molecule has 1 unspecified atom stereocenters. The van der Waals surface area contributed by atoms with Gasteiger partial charge in [-0.15, -0.1) is 0 Å². The van der Waals surface area contributed by atoms with E-state index in [2.05, 4.69) is 26.1 Å². The molecule has 0 aromatic rings. The zero-order valence-corrected chi connectivity index (χ0v) is 9.97. The number of nitrogens with zero attached hydrogens (tertiary/aromatic N) is 1. The van der Waals surface area contributed by atoms with Gasteiger partial charge in [0.25, 0.3) is 0 Å². The molecule has 0 aromatic carbocycles. The van der Waals surface area contributed by atoms with E-state index in [0.29, 0.717) is 5.92 Å². The summed E-state index contributed by atoms with van der Waals surface area (Å²) in [6.45, 7) is 8.06. The fraction of sp³-hybridized carbons (Fsp3) is 0.909. The Morgan fingerprint density at radius 3 is 2.57 bits per heavy atom. The lowest BCUT2D eigenvalue weighted by Gasteiger charge is -2.21. The van der Waals surface area contributed by atoms with Crippen LogP contribution in [0, 0.1) is 5.92 Å². The molecule has 3 heteroatoms. The molecule has 0 aliphatic carbocycles. The second-order valence-corrected chi connectivity index (χ2v) is 3.98. The number of unbranched alkanes of at least 4 members (excludes halogenated alkanes) is 1. The van der Waals surface area contributed by atoms with Crippen LogP contribution in [0.3, 0.4) is 0 Å². The lowest BCUT2D eigenvalue weighted by molar-refractivity contribution is 0.201. The molecule has 0 aromatic heterocycles. The van der Waals surface area contributed by atoms with Gasteiger partial charge in [0.15, 0.2) is 0 Å². The van der Waals surface area contributed by atoms with Crippen LogP contribution in [0.15, 0.2) is 0 Å². The zero-order chi connectivity index (χ0) is 11.0. The van der Waals surface area contributed by atoms with Gasteiger partial charge in [0, 0.05) is 20.1 Å². The van der Waals surface area contributed by atoms with Crippen LogP contribution in [0.25, 0.3) is 0 Å². The van der Waals surface area contributed by atoms with Gasteiger partial charge in [-0.25, -0.2) is 4.79 Å². The highest BCUT2D eigenvalue weighted by Gasteiger charge is 2.09. The highest BCUT2D eigenvalue weighted by Crippen LogP contribution is 2.02. The first kappa shape index (κ1) is 13.3. The summed E-state index contributed by atoms with van der Waals surface area (Å²) in [5.41, 5.74) is 0. The van der Waals surface area contributed by atoms with Gasteiger partial charge < -0.3 is 10.2 Å². The summed E-state index contributed by atoms with van der Waals surface area (Å²) in [6.07, 6.45) is 3.30. The predicted molar refractivity (Wildman–Crippen MR) is 60.4 cm³/mol. The molecule has 0 rings (SSSR count). The van der Waals surface area contributed by atoms with Crippen LogP contribution >= 0.6 is 0 Å². The second-order valence-electron chi connectivity index (χ2n) is 3.98. The quantitative estimate of drug-likeness (QED) is 0.656. The SMILES string of the molecule is CCCCNC(=O)N(C)CC(C)CC. The highest BCUT2D eigenvalue weighted by molar-refractivity contribution is 5.73. The summed E-state index contributed by atoms with van der Waals surface area (Å²) in [5.74, 6) is 0.580. The molecule has 2 amide bonds. The Bertz CT molecular complexity index is 159. The van der Waals surface area contributed by atoms with E-state index in [-0.39, 0.29) is 6.03 Å². The summed E-state index contributed by atoms with van der Waals surface area (Å²) >= 11 is 0. The van der Waals surface area contributed by atoms with Crippen LogP contribution in [0.5, 0.6) is 0 Å². The summed E-state index contributed by atoms with van der Waals surface area (Å²) in [6, 6.07) is 0.0544. The summed E-state index contributed by atoms with van der Waals surface area (Å²) in [5, 5.41) is 2.90. The van der Waals surface area contributed by atoms with Crippen molar-refractivity contribution in [3.05, 3.63) is 0 Å². The number of carbonyl (C=O) groups is 1. The molecule has 1 atom stereocenters. The van der Waals surface area contributed by atoms with Crippen molar-refractivity contribution in [3.8, 4) is 0 Å². The second kappa shape index (κ2) is 7.65. The van der Waals surface area contributed by atoms with Crippen LogP contribution in [0.1, 0.15) is 40.0 Å². The maximum atomic E-state index is 11.5. The molecule has 0 aliphatic heterocycles. The van der Waals surface area contributed by atoms with Gasteiger partial charge in [-0.05, 0) is 12.3 Å². The first-order valence-electron chi connectivity index (χ1n) is 5.60. The molecule has 0 fully saturated rings. The minimum Gasteiger partial charge on any atom is -0.338 e. The third-order valence-corrected chi connectivity index (χ3v) is 2.44. The van der Waals surface area contributed by atoms with E-state index in [1.807, 2.05) is 7.05 Å². The van der Waals surface area contributed by atoms with E-state index in [1.54, 1.807) is 4.90 Å². The number of hydrogen-bond acceptors (Lipinski definition) is 1. The maximum Gasteiger partial charge on any atom is 0.317 e. The smallest absolute Gasteiger partial charge is 0.317 e. The molecule has 0 saturated heterocycles. The average Bonchev–Trinajstić information content (AvgIpc) is 2.17. The van der Waals surface area contributed by atoms with Gasteiger partial charge >= 0.3 is 6.03 Å². The molecule has 14 heavy (non-hydrogen) atoms. The van der Waals surface area contributed by atoms with Crippen molar-refractivity contribution in [2.45, 2.75) is 40.0 Å². The number of hydrogen-bond donors (Lipinski definition) is 1. The monoisotopic (exact) mass is 200 g/mol. The van der Waals surface area contributed by atoms with Crippen LogP contribution < -0.4 is 5.32 Å². The molecule has 0 spiro atoms. The van der Waals surface area contributed by atoms with Crippen LogP contribution in [0.4, 0.5) is 4.79 Å². The number of amides is 2. The van der Waals surface area contributed by atoms with Gasteiger partial charge in [0.05, 0.1) is 0 Å². The number of nitrogens with one attached hydrogen (secondary N) is 1. The van der Waals surface area contributed by atoms with Crippen molar-refractivity contribution < 1.29 is 4.79 Å². The minimum absolute atomic E-state index is 0.0544. The Morgan fingerprint density at radius 2 is 2.07 bits per heavy atom. The van der Waals surface area contributed by atoms with Gasteiger partial charge in [-0.3, -0.25) is 0 Å². The summed E-state index contributed by atoms with van der Waals surface area (Å²) in [7, 11) is 1.85. The Hall–Kier alpha value is -0.730. The van der Waals surface area contributed by atoms with Crippen molar-refractivity contribution in [2.24, 2.45) is 5.92 Å². The topological polar surface area (TPSA) is 32.3 Å². The third-order valence-electron chi connectivity index (χ3n) is 2.44. The zero-order valence-electron chi connectivity index (χ0n) is 9.97. The van der Waals surface area contributed by atoms with Crippen LogP contribution in [-0.2, 0) is 0 Å². The van der Waals surface area contributed by atoms with Crippen molar-refractivity contribution in [1.29, 1.82) is 0 Å². The highest BCUT2D eigenvalue weighted by atomic mass is 16.2. The van der Waals surface area contributed by atoms with Crippen LogP contribution in [-0.4, -0.2) is 31.1 Å². The lowest BCUT2D eigenvalue weighted by Crippen LogP contribution is -2.39. The molecule has 0 aliphatic rings. The molecular formula is C11H24N2O. The molecular weight excluding hydrogens is 176 g/mol. The molecule has 0 heterocycles. The summed E-state index contributed by atoms with van der Waals surface area (Å²) < 4.78 is 0. The van der Waals surface area contributed by atoms with E-state index in [4.69, 9.17) is 0 Å². The van der Waals surface area contributed by atoms with E-state index in [1.165, 1.54) is 0 Å². The predicted octanol–water partition coefficient (Wildman–Crippen LogP) is 2.47. The summed E-state index contributed by atoms with van der Waals surface area (Å²) in [4.78, 5) is 13.3. The van der Waals surface area contributed by atoms with Crippen molar-refractivity contribution in [1.82, 2.24) is 10.2 Å². The van der Waals surface area contributed by atoms with E-state index < -0.39 is 0 Å². The van der Waals surface area contributed by atoms with Gasteiger partial charge in [-0.2, -0.15) is 0 Å². The third kappa shape index (κ3) is 5.84. The Balaban J connectivity index is 3.64. The van der Waals surface area contributed by atoms with Crippen molar-refractivity contribution >= 4 is 6.03 Å². The molecule has 3 nitrogen and oxygen atoms in total. The Kier molecular flexibility index (Phi) is 7.25. The van der Waals surface area contributed by atoms with Crippen molar-refractivity contribution in [2.75, 3.05) is 20.1 Å². The first-order chi connectivity index (χ1) is 6.61.